The van der Waals surface area contributed by atoms with Crippen molar-refractivity contribution in [2.75, 3.05) is 47.0 Å². The highest BCUT2D eigenvalue weighted by Crippen LogP contribution is 2.64. The number of hydrogen-bond acceptors (Lipinski definition) is 13. The monoisotopic (exact) mass is 751 g/mol. The SMILES string of the molecule is COc1ccc2[nH]c3c(c2c1)CCN[C@]31CS[C@@H]2c3c(O)c(C)c4c(c3[C@H](COC1=O)N1[C@@H]2[C@H]2c3c(cc(C)c(OC)c3O)C[C@@H]([C@@H]1C#N)N2C)OCO4. The lowest BCUT2D eigenvalue weighted by Crippen LogP contribution is -2.69. The minimum absolute atomic E-state index is 0.0170. The normalized spacial score (nSPS) is 29.5. The van der Waals surface area contributed by atoms with Gasteiger partial charge >= 0.3 is 5.97 Å². The third-order valence-corrected chi connectivity index (χ3v) is 14.3. The van der Waals surface area contributed by atoms with Gasteiger partial charge in [-0.05, 0) is 68.6 Å². The number of aryl methyl sites for hydroxylation is 1. The summed E-state index contributed by atoms with van der Waals surface area (Å²) in [6.45, 7) is 4.16. The average Bonchev–Trinajstić information content (AvgIpc) is 3.81. The van der Waals surface area contributed by atoms with E-state index >= 15 is 0 Å². The van der Waals surface area contributed by atoms with Crippen LogP contribution in [0.2, 0.25) is 0 Å². The largest absolute Gasteiger partial charge is 0.507 e. The lowest BCUT2D eigenvalue weighted by molar-refractivity contribution is -0.157. The number of methoxy groups -OCH3 is 2. The number of ether oxygens (including phenoxy) is 5. The van der Waals surface area contributed by atoms with Crippen LogP contribution < -0.4 is 24.3 Å². The number of likely N-dealkylation sites (N-methyl/N-ethyl adjacent to an activating group) is 1. The van der Waals surface area contributed by atoms with Gasteiger partial charge in [0.15, 0.2) is 28.5 Å². The molecule has 7 atom stereocenters. The standard InChI is InChI=1S/C40H41N5O8S/c1-17-10-19-11-24-25(13-41)45-26-14-51-39(48)40(38-21(8-9-42-40)22-12-20(49-4)6-7-23(22)43-38)15-54-37(29-28(26)36-35(52-16-53-36)18(2)32(29)46)31(45)30(44(24)3)27(19)33(47)34(17)50-5/h6-7,10,12,24-26,30-31,37,42-43,46-47H,8-9,11,14-16H2,1-5H3/t24-,25-,26-,30+,31+,37+,40+/m0/s1. The van der Waals surface area contributed by atoms with Crippen LogP contribution in [-0.4, -0.2) is 96.1 Å². The average molecular weight is 752 g/mol. The summed E-state index contributed by atoms with van der Waals surface area (Å²) in [4.78, 5) is 22.8. The van der Waals surface area contributed by atoms with Gasteiger partial charge in [-0.15, -0.1) is 11.8 Å². The van der Waals surface area contributed by atoms with Crippen LogP contribution in [0.4, 0.5) is 0 Å². The smallest absolute Gasteiger partial charge is 0.333 e. The number of H-pyrrole nitrogens is 1. The number of nitrogens with zero attached hydrogens (tertiary/aromatic N) is 3. The molecule has 0 saturated carbocycles. The van der Waals surface area contributed by atoms with E-state index in [0.717, 1.165) is 44.6 Å². The van der Waals surface area contributed by atoms with Crippen molar-refractivity contribution < 1.29 is 38.7 Å². The van der Waals surface area contributed by atoms with Crippen molar-refractivity contribution in [1.29, 1.82) is 5.26 Å². The van der Waals surface area contributed by atoms with Gasteiger partial charge < -0.3 is 38.9 Å². The summed E-state index contributed by atoms with van der Waals surface area (Å²) in [5, 5.41) is 39.5. The highest BCUT2D eigenvalue weighted by atomic mass is 32.2. The predicted octanol–water partition coefficient (Wildman–Crippen LogP) is 4.54. The van der Waals surface area contributed by atoms with Crippen LogP contribution in [0.15, 0.2) is 24.3 Å². The Labute approximate surface area is 316 Å². The fourth-order valence-electron chi connectivity index (χ4n) is 10.5. The van der Waals surface area contributed by atoms with E-state index in [1.54, 1.807) is 26.0 Å². The maximum Gasteiger partial charge on any atom is 0.333 e. The highest BCUT2D eigenvalue weighted by molar-refractivity contribution is 7.99. The molecule has 7 aliphatic rings. The number of thioether (sulfide) groups is 1. The minimum Gasteiger partial charge on any atom is -0.507 e. The fourth-order valence-corrected chi connectivity index (χ4v) is 12.2. The fraction of sp³-hybridized carbons (Fsp3) is 0.450. The van der Waals surface area contributed by atoms with Gasteiger partial charge in [0.1, 0.15) is 24.1 Å². The Morgan fingerprint density at radius 2 is 1.87 bits per heavy atom. The number of hydrogen-bond donors (Lipinski definition) is 4. The Kier molecular flexibility index (Phi) is 7.40. The Bertz CT molecular complexity index is 2340. The Hall–Kier alpha value is -4.81. The molecule has 280 valence electrons. The number of carbonyl (C=O) groups excluding carboxylic acids is 1. The molecule has 0 amide bonds. The summed E-state index contributed by atoms with van der Waals surface area (Å²) in [6, 6.07) is 8.15. The van der Waals surface area contributed by atoms with E-state index in [1.165, 1.54) is 0 Å². The molecule has 0 unspecified atom stereocenters. The lowest BCUT2D eigenvalue weighted by Gasteiger charge is -2.62. The number of piperazine rings is 1. The second-order valence-electron chi connectivity index (χ2n) is 15.2. The number of aromatic amines is 1. The molecule has 2 saturated heterocycles. The van der Waals surface area contributed by atoms with Gasteiger partial charge in [0.05, 0.1) is 43.3 Å². The first-order valence-corrected chi connectivity index (χ1v) is 19.3. The lowest BCUT2D eigenvalue weighted by atomic mass is 9.71. The van der Waals surface area contributed by atoms with Crippen molar-refractivity contribution in [2.24, 2.45) is 0 Å². The second kappa shape index (κ2) is 11.8. The van der Waals surface area contributed by atoms with Crippen LogP contribution in [0.25, 0.3) is 10.9 Å². The van der Waals surface area contributed by atoms with E-state index in [2.05, 4.69) is 32.2 Å². The van der Waals surface area contributed by atoms with Crippen molar-refractivity contribution in [1.82, 2.24) is 20.1 Å². The molecule has 8 heterocycles. The van der Waals surface area contributed by atoms with Crippen LogP contribution in [0.1, 0.15) is 62.0 Å². The Morgan fingerprint density at radius 3 is 2.65 bits per heavy atom. The minimum atomic E-state index is -1.25. The number of aromatic nitrogens is 1. The summed E-state index contributed by atoms with van der Waals surface area (Å²) in [5.74, 6) is 2.09. The number of nitriles is 1. The number of fused-ring (bicyclic) bond motifs is 11. The van der Waals surface area contributed by atoms with Crippen LogP contribution >= 0.6 is 11.8 Å². The molecule has 3 aromatic carbocycles. The molecule has 11 rings (SSSR count). The molecule has 1 aromatic heterocycles. The maximum absolute atomic E-state index is 14.8. The number of rotatable bonds is 2. The third kappa shape index (κ3) is 4.23. The van der Waals surface area contributed by atoms with Gasteiger partial charge in [-0.25, -0.2) is 4.79 Å². The summed E-state index contributed by atoms with van der Waals surface area (Å²) in [7, 11) is 5.22. The summed E-state index contributed by atoms with van der Waals surface area (Å²) in [5.41, 5.74) is 5.88. The van der Waals surface area contributed by atoms with Gasteiger partial charge in [0, 0.05) is 57.5 Å². The van der Waals surface area contributed by atoms with Gasteiger partial charge in [0.25, 0.3) is 0 Å². The van der Waals surface area contributed by atoms with E-state index in [-0.39, 0.29) is 36.7 Å². The number of esters is 1. The first kappa shape index (κ1) is 33.7. The van der Waals surface area contributed by atoms with Gasteiger partial charge in [-0.3, -0.25) is 15.1 Å². The molecule has 2 fully saturated rings. The first-order valence-electron chi connectivity index (χ1n) is 18.3. The van der Waals surface area contributed by atoms with Crippen LogP contribution in [0, 0.1) is 25.2 Å². The van der Waals surface area contributed by atoms with Gasteiger partial charge in [-0.1, -0.05) is 6.07 Å². The molecule has 54 heavy (non-hydrogen) atoms. The zero-order valence-electron chi connectivity index (χ0n) is 30.6. The van der Waals surface area contributed by atoms with E-state index in [9.17, 15) is 20.3 Å². The quantitative estimate of drug-likeness (QED) is 0.212. The van der Waals surface area contributed by atoms with E-state index < -0.39 is 40.9 Å². The Balaban J connectivity index is 1.22. The number of aromatic hydroxyl groups is 2. The Morgan fingerprint density at radius 1 is 1.06 bits per heavy atom. The molecular weight excluding hydrogens is 711 g/mol. The molecule has 7 aliphatic heterocycles. The maximum atomic E-state index is 14.8. The molecule has 4 N–H and O–H groups in total. The van der Waals surface area contributed by atoms with E-state index in [0.29, 0.717) is 53.3 Å². The van der Waals surface area contributed by atoms with Crippen LogP contribution in [0.5, 0.6) is 34.5 Å². The molecule has 13 nitrogen and oxygen atoms in total. The van der Waals surface area contributed by atoms with Gasteiger partial charge in [-0.2, -0.15) is 5.26 Å². The second-order valence-corrected chi connectivity index (χ2v) is 16.4. The van der Waals surface area contributed by atoms with E-state index in [1.807, 2.05) is 39.1 Å². The number of carbonyl (C=O) groups is 1. The topological polar surface area (TPSA) is 162 Å². The molecule has 4 aromatic rings. The van der Waals surface area contributed by atoms with Crippen molar-refractivity contribution in [3.05, 3.63) is 68.9 Å². The summed E-state index contributed by atoms with van der Waals surface area (Å²) >= 11 is 1.54. The molecule has 14 heteroatoms. The van der Waals surface area contributed by atoms with Crippen molar-refractivity contribution in [3.63, 3.8) is 0 Å². The molecule has 0 aliphatic carbocycles. The van der Waals surface area contributed by atoms with Crippen LogP contribution in [-0.2, 0) is 27.9 Å². The summed E-state index contributed by atoms with van der Waals surface area (Å²) in [6.07, 6.45) is 1.23. The first-order chi connectivity index (χ1) is 26.1. The van der Waals surface area contributed by atoms with Crippen LogP contribution in [0.3, 0.4) is 0 Å². The number of benzene rings is 3. The number of phenols is 2. The van der Waals surface area contributed by atoms with Crippen molar-refractivity contribution in [3.8, 4) is 40.6 Å². The third-order valence-electron chi connectivity index (χ3n) is 12.9. The zero-order valence-corrected chi connectivity index (χ0v) is 31.4. The molecule has 0 radical (unpaired) electrons. The predicted molar refractivity (Wildman–Crippen MR) is 199 cm³/mol. The highest BCUT2D eigenvalue weighted by Gasteiger charge is 2.61. The van der Waals surface area contributed by atoms with E-state index in [4.69, 9.17) is 23.7 Å². The molecule has 4 bridgehead atoms. The van der Waals surface area contributed by atoms with Gasteiger partial charge in [0.2, 0.25) is 6.79 Å². The van der Waals surface area contributed by atoms with Crippen molar-refractivity contribution >= 4 is 28.6 Å². The van der Waals surface area contributed by atoms with Crippen molar-refractivity contribution in [2.45, 2.75) is 67.7 Å². The summed E-state index contributed by atoms with van der Waals surface area (Å²) < 4.78 is 29.9. The molecule has 1 spiro atoms. The zero-order chi connectivity index (χ0) is 37.4. The number of phenolic OH excluding ortho intramolecular Hbond substituents is 2. The molecular formula is C40H41N5O8S. The number of nitrogens with one attached hydrogen (secondary N) is 2.